The van der Waals surface area contributed by atoms with E-state index in [9.17, 15) is 0 Å². The van der Waals surface area contributed by atoms with Crippen LogP contribution < -0.4 is 15.2 Å². The highest BCUT2D eigenvalue weighted by molar-refractivity contribution is 5.57. The first-order chi connectivity index (χ1) is 9.08. The second-order valence-corrected chi connectivity index (χ2v) is 4.28. The minimum atomic E-state index is 0.777. The molecule has 102 valence electrons. The predicted octanol–water partition coefficient (Wildman–Crippen LogP) is 3.53. The molecule has 1 rings (SSSR count). The zero-order valence-electron chi connectivity index (χ0n) is 11.9. The van der Waals surface area contributed by atoms with Gasteiger partial charge in [0.25, 0.3) is 0 Å². The molecule has 2 N–H and O–H groups in total. The average Bonchev–Trinajstić information content (AvgIpc) is 2.44. The number of nitrogens with two attached hydrogens (primary N) is 1. The van der Waals surface area contributed by atoms with E-state index in [2.05, 4.69) is 0 Å². The van der Waals surface area contributed by atoms with Crippen molar-refractivity contribution in [3.8, 4) is 11.5 Å². The first-order valence-corrected chi connectivity index (χ1v) is 6.07. The van der Waals surface area contributed by atoms with Gasteiger partial charge in [0.05, 0.1) is 14.2 Å². The van der Waals surface area contributed by atoms with Crippen LogP contribution in [-0.4, -0.2) is 14.2 Å². The lowest BCUT2D eigenvalue weighted by molar-refractivity contribution is 0.394. The standard InChI is InChI=1S/C16H21NO2/c1-12(7-13(2)11-17)5-6-14-8-15(18-3)10-16(9-14)19-4/h5-11H,17H2,1-4H3/b6-5-,12-7-,13-11+. The Morgan fingerprint density at radius 2 is 1.58 bits per heavy atom. The maximum Gasteiger partial charge on any atom is 0.123 e. The maximum atomic E-state index is 5.44. The van der Waals surface area contributed by atoms with Gasteiger partial charge in [0.1, 0.15) is 11.5 Å². The molecular weight excluding hydrogens is 238 g/mol. The van der Waals surface area contributed by atoms with Crippen LogP contribution in [0.5, 0.6) is 11.5 Å². The Labute approximate surface area is 115 Å². The van der Waals surface area contributed by atoms with Crippen LogP contribution >= 0.6 is 0 Å². The fourth-order valence-electron chi connectivity index (χ4n) is 1.61. The number of rotatable bonds is 5. The molecule has 3 heteroatoms. The first-order valence-electron chi connectivity index (χ1n) is 6.07. The lowest BCUT2D eigenvalue weighted by atomic mass is 10.1. The number of methoxy groups -OCH3 is 2. The second-order valence-electron chi connectivity index (χ2n) is 4.28. The molecule has 0 radical (unpaired) electrons. The quantitative estimate of drug-likeness (QED) is 0.823. The van der Waals surface area contributed by atoms with Crippen molar-refractivity contribution in [3.63, 3.8) is 0 Å². The van der Waals surface area contributed by atoms with Crippen LogP contribution in [0.2, 0.25) is 0 Å². The van der Waals surface area contributed by atoms with Gasteiger partial charge in [-0.15, -0.1) is 0 Å². The molecule has 0 saturated heterocycles. The number of hydrogen-bond donors (Lipinski definition) is 1. The van der Waals surface area contributed by atoms with E-state index in [1.165, 1.54) is 0 Å². The molecule has 0 aliphatic carbocycles. The summed E-state index contributed by atoms with van der Waals surface area (Å²) < 4.78 is 10.5. The lowest BCUT2D eigenvalue weighted by Gasteiger charge is -2.05. The fraction of sp³-hybridized carbons (Fsp3) is 0.250. The van der Waals surface area contributed by atoms with Crippen molar-refractivity contribution in [1.29, 1.82) is 0 Å². The van der Waals surface area contributed by atoms with Gasteiger partial charge in [-0.05, 0) is 43.3 Å². The molecule has 0 aliphatic heterocycles. The summed E-state index contributed by atoms with van der Waals surface area (Å²) >= 11 is 0. The van der Waals surface area contributed by atoms with Gasteiger partial charge < -0.3 is 15.2 Å². The molecule has 0 atom stereocenters. The minimum absolute atomic E-state index is 0.777. The Morgan fingerprint density at radius 1 is 1.00 bits per heavy atom. The Morgan fingerprint density at radius 3 is 2.05 bits per heavy atom. The predicted molar refractivity (Wildman–Crippen MR) is 80.3 cm³/mol. The monoisotopic (exact) mass is 259 g/mol. The molecule has 1 aromatic rings. The molecule has 19 heavy (non-hydrogen) atoms. The van der Waals surface area contributed by atoms with Gasteiger partial charge in [0.2, 0.25) is 0 Å². The van der Waals surface area contributed by atoms with E-state index in [0.29, 0.717) is 0 Å². The van der Waals surface area contributed by atoms with Gasteiger partial charge in [0.15, 0.2) is 0 Å². The van der Waals surface area contributed by atoms with Crippen LogP contribution in [0.15, 0.2) is 47.7 Å². The zero-order valence-corrected chi connectivity index (χ0v) is 11.9. The van der Waals surface area contributed by atoms with Crippen LogP contribution in [0, 0.1) is 0 Å². The molecule has 3 nitrogen and oxygen atoms in total. The van der Waals surface area contributed by atoms with Gasteiger partial charge in [-0.25, -0.2) is 0 Å². The Hall–Kier alpha value is -2.16. The molecule has 0 aromatic heterocycles. The van der Waals surface area contributed by atoms with E-state index >= 15 is 0 Å². The highest BCUT2D eigenvalue weighted by Gasteiger charge is 1.99. The summed E-state index contributed by atoms with van der Waals surface area (Å²) in [5.74, 6) is 1.55. The number of hydrogen-bond acceptors (Lipinski definition) is 3. The topological polar surface area (TPSA) is 44.5 Å². The molecule has 0 fully saturated rings. The molecule has 0 bridgehead atoms. The molecule has 0 amide bonds. The van der Waals surface area contributed by atoms with Crippen molar-refractivity contribution < 1.29 is 9.47 Å². The highest BCUT2D eigenvalue weighted by atomic mass is 16.5. The summed E-state index contributed by atoms with van der Waals surface area (Å²) in [4.78, 5) is 0. The molecule has 0 saturated carbocycles. The van der Waals surface area contributed by atoms with Crippen LogP contribution in [0.1, 0.15) is 19.4 Å². The average molecular weight is 259 g/mol. The normalized spacial score (nSPS) is 12.8. The third-order valence-electron chi connectivity index (χ3n) is 2.63. The van der Waals surface area contributed by atoms with Crippen LogP contribution in [0.3, 0.4) is 0 Å². The first kappa shape index (κ1) is 14.9. The Kier molecular flexibility index (Phi) is 5.73. The second kappa shape index (κ2) is 7.31. The summed E-state index contributed by atoms with van der Waals surface area (Å²) in [5.41, 5.74) is 8.62. The van der Waals surface area contributed by atoms with Crippen molar-refractivity contribution in [2.75, 3.05) is 14.2 Å². The van der Waals surface area contributed by atoms with Crippen LogP contribution in [0.4, 0.5) is 0 Å². The largest absolute Gasteiger partial charge is 0.497 e. The summed E-state index contributed by atoms with van der Waals surface area (Å²) in [5, 5.41) is 0. The van der Waals surface area contributed by atoms with Gasteiger partial charge in [0, 0.05) is 6.07 Å². The molecular formula is C16H21NO2. The summed E-state index contributed by atoms with van der Waals surface area (Å²) in [6.07, 6.45) is 7.65. The lowest BCUT2D eigenvalue weighted by Crippen LogP contribution is -1.88. The maximum absolute atomic E-state index is 5.44. The SMILES string of the molecule is COc1cc(\C=C/C(C)=C\C(C)=C\N)cc(OC)c1. The van der Waals surface area contributed by atoms with Crippen molar-refractivity contribution in [2.45, 2.75) is 13.8 Å². The molecule has 0 spiro atoms. The minimum Gasteiger partial charge on any atom is -0.497 e. The molecule has 0 aliphatic rings. The van der Waals surface area contributed by atoms with Gasteiger partial charge in [-0.2, -0.15) is 0 Å². The number of allylic oxidation sites excluding steroid dienone is 4. The molecule has 0 unspecified atom stereocenters. The number of ether oxygens (including phenoxy) is 2. The van der Waals surface area contributed by atoms with Crippen LogP contribution in [-0.2, 0) is 0 Å². The summed E-state index contributed by atoms with van der Waals surface area (Å²) in [7, 11) is 3.28. The van der Waals surface area contributed by atoms with Gasteiger partial charge >= 0.3 is 0 Å². The summed E-state index contributed by atoms with van der Waals surface area (Å²) in [6, 6.07) is 5.76. The third kappa shape index (κ3) is 4.92. The van der Waals surface area contributed by atoms with Crippen molar-refractivity contribution >= 4 is 6.08 Å². The third-order valence-corrected chi connectivity index (χ3v) is 2.63. The smallest absolute Gasteiger partial charge is 0.123 e. The van der Waals surface area contributed by atoms with E-state index in [4.69, 9.17) is 15.2 Å². The van der Waals surface area contributed by atoms with E-state index in [1.807, 2.05) is 50.3 Å². The number of benzene rings is 1. The van der Waals surface area contributed by atoms with Gasteiger partial charge in [-0.3, -0.25) is 0 Å². The highest BCUT2D eigenvalue weighted by Crippen LogP contribution is 2.23. The molecule has 1 aromatic carbocycles. The van der Waals surface area contributed by atoms with Crippen molar-refractivity contribution in [3.05, 3.63) is 53.3 Å². The van der Waals surface area contributed by atoms with E-state index in [0.717, 1.165) is 28.2 Å². The zero-order chi connectivity index (χ0) is 14.3. The Bertz CT molecular complexity index is 491. The van der Waals surface area contributed by atoms with E-state index in [-0.39, 0.29) is 0 Å². The fourth-order valence-corrected chi connectivity index (χ4v) is 1.61. The van der Waals surface area contributed by atoms with Gasteiger partial charge in [-0.1, -0.05) is 23.8 Å². The Balaban J connectivity index is 2.95. The van der Waals surface area contributed by atoms with E-state index in [1.54, 1.807) is 20.4 Å². The van der Waals surface area contributed by atoms with Crippen molar-refractivity contribution in [2.24, 2.45) is 5.73 Å². The van der Waals surface area contributed by atoms with Crippen molar-refractivity contribution in [1.82, 2.24) is 0 Å². The van der Waals surface area contributed by atoms with E-state index < -0.39 is 0 Å². The summed E-state index contributed by atoms with van der Waals surface area (Å²) in [6.45, 7) is 3.99. The van der Waals surface area contributed by atoms with Crippen LogP contribution in [0.25, 0.3) is 6.08 Å². The molecule has 0 heterocycles.